The maximum Gasteiger partial charge on any atom is 0.264 e. The number of sulfonamides is 1. The number of ether oxygens (including phenoxy) is 3. The Morgan fingerprint density at radius 2 is 1.85 bits per heavy atom. The summed E-state index contributed by atoms with van der Waals surface area (Å²) in [4.78, 5) is 24.2. The van der Waals surface area contributed by atoms with Crippen molar-refractivity contribution >= 4 is 33.2 Å². The van der Waals surface area contributed by atoms with Crippen molar-refractivity contribution in [3.05, 3.63) is 70.3 Å². The van der Waals surface area contributed by atoms with Gasteiger partial charge in [0, 0.05) is 75.0 Å². The van der Waals surface area contributed by atoms with Gasteiger partial charge in [0.1, 0.15) is 11.4 Å². The fraction of sp³-hybridized carbons (Fsp3) is 0.681. The van der Waals surface area contributed by atoms with E-state index in [-0.39, 0.29) is 17.3 Å². The zero-order valence-electron chi connectivity index (χ0n) is 35.8. The summed E-state index contributed by atoms with van der Waals surface area (Å²) in [5.74, 6) is 0.483. The van der Waals surface area contributed by atoms with E-state index in [0.717, 1.165) is 134 Å². The number of nitrogens with zero attached hydrogens (tertiary/aromatic N) is 4. The minimum absolute atomic E-state index is 0.223. The first kappa shape index (κ1) is 42.6. The quantitative estimate of drug-likeness (QED) is 0.341. The van der Waals surface area contributed by atoms with E-state index in [1.807, 2.05) is 32.2 Å². The summed E-state index contributed by atoms with van der Waals surface area (Å²) in [6, 6.07) is 12.2. The Kier molecular flexibility index (Phi) is 12.6. The molecule has 1 amide bonds. The number of fused-ring (bicyclic) bond motifs is 5. The number of carbonyl (C=O) groups excluding carboxylic acids is 1. The standard InChI is InChI=1S/C47H66ClN5O6S/c1-34-8-6-18-47(57-2,32-51-22-23-52-24-25-58-30-39(52)29-51)41-13-10-37(41)28-53-31-46(17-7-9-35-26-38(48)12-14-40(35)46)33-59-43-15-11-36(27-42(43)53)45(54)49-60(55,56)44(34)16-21-50-19-4-3-5-20-50/h6,11-12,14-15,18,26-27,34,37,39,41,44H,3-5,7-10,13,16-17,19-25,28-33H2,1-2H3,(H,49,54)/b18-6+/t34-,37-,39-,41+,44+,46-,47+/m0/s1. The van der Waals surface area contributed by atoms with Crippen LogP contribution < -0.4 is 14.4 Å². The van der Waals surface area contributed by atoms with Crippen LogP contribution in [0.1, 0.15) is 86.2 Å². The first-order valence-corrected chi connectivity index (χ1v) is 24.8. The Labute approximate surface area is 363 Å². The number of rotatable bonds is 6. The molecule has 0 unspecified atom stereocenters. The Bertz CT molecular complexity index is 2010. The highest BCUT2D eigenvalue weighted by molar-refractivity contribution is 7.90. The predicted octanol–water partition coefficient (Wildman–Crippen LogP) is 6.14. The second-order valence-electron chi connectivity index (χ2n) is 19.2. The van der Waals surface area contributed by atoms with Gasteiger partial charge >= 0.3 is 0 Å². The molecule has 4 fully saturated rings. The van der Waals surface area contributed by atoms with Gasteiger partial charge in [0.15, 0.2) is 0 Å². The van der Waals surface area contributed by atoms with Crippen LogP contribution in [0.5, 0.6) is 5.75 Å². The van der Waals surface area contributed by atoms with E-state index >= 15 is 0 Å². The van der Waals surface area contributed by atoms with Crippen molar-refractivity contribution in [2.24, 2.45) is 17.8 Å². The van der Waals surface area contributed by atoms with Gasteiger partial charge in [-0.25, -0.2) is 13.1 Å². The molecule has 3 saturated heterocycles. The van der Waals surface area contributed by atoms with Crippen LogP contribution in [0.15, 0.2) is 48.6 Å². The smallest absolute Gasteiger partial charge is 0.264 e. The SMILES string of the molecule is CO[C@@]1(CN2CCN3CCOC[C@@H]3C2)/C=C/C[C@H](C)[C@@H](CCN2CCCCC2)S(=O)(=O)NC(=O)c2ccc3c(c2)N(C[C@@H]2CC[C@H]21)C[C@@]1(CCCc2cc(Cl)ccc21)CO3. The molecular formula is C47H66ClN5O6S. The van der Waals surface area contributed by atoms with Gasteiger partial charge in [0.05, 0.1) is 30.8 Å². The summed E-state index contributed by atoms with van der Waals surface area (Å²) < 4.78 is 51.1. The zero-order chi connectivity index (χ0) is 41.5. The molecule has 60 heavy (non-hydrogen) atoms. The number of piperidine rings is 1. The molecule has 1 saturated carbocycles. The Morgan fingerprint density at radius 3 is 2.67 bits per heavy atom. The minimum Gasteiger partial charge on any atom is -0.490 e. The highest BCUT2D eigenvalue weighted by Gasteiger charge is 2.50. The van der Waals surface area contributed by atoms with Crippen molar-refractivity contribution in [2.45, 2.75) is 93.4 Å². The minimum atomic E-state index is -4.05. The van der Waals surface area contributed by atoms with E-state index in [1.54, 1.807) is 6.07 Å². The third kappa shape index (κ3) is 8.65. The van der Waals surface area contributed by atoms with Crippen LogP contribution in [-0.2, 0) is 31.3 Å². The fourth-order valence-corrected chi connectivity index (χ4v) is 13.8. The Balaban J connectivity index is 1.10. The number of likely N-dealkylation sites (tertiary alicyclic amines) is 1. The number of benzene rings is 2. The van der Waals surface area contributed by atoms with Crippen LogP contribution in [-0.4, -0.2) is 138 Å². The molecule has 2 aromatic rings. The van der Waals surface area contributed by atoms with Crippen molar-refractivity contribution in [3.63, 3.8) is 0 Å². The summed E-state index contributed by atoms with van der Waals surface area (Å²) in [5, 5.41) is 0.00942. The highest BCUT2D eigenvalue weighted by atomic mass is 35.5. The number of methoxy groups -OCH3 is 1. The van der Waals surface area contributed by atoms with Gasteiger partial charge in [-0.05, 0) is 137 Å². The van der Waals surface area contributed by atoms with Crippen LogP contribution in [0.25, 0.3) is 0 Å². The zero-order valence-corrected chi connectivity index (χ0v) is 37.4. The van der Waals surface area contributed by atoms with Gasteiger partial charge in [-0.15, -0.1) is 0 Å². The summed E-state index contributed by atoms with van der Waals surface area (Å²) in [6.07, 6.45) is 14.2. The molecule has 0 radical (unpaired) electrons. The molecule has 13 heteroatoms. The summed E-state index contributed by atoms with van der Waals surface area (Å²) >= 11 is 6.56. The summed E-state index contributed by atoms with van der Waals surface area (Å²) in [5.41, 5.74) is 2.90. The number of nitrogens with one attached hydrogen (secondary N) is 1. The van der Waals surface area contributed by atoms with E-state index in [2.05, 4.69) is 48.6 Å². The molecule has 7 aliphatic rings. The number of carbonyl (C=O) groups is 1. The molecule has 328 valence electrons. The molecule has 5 aliphatic heterocycles. The van der Waals surface area contributed by atoms with Gasteiger partial charge in [-0.2, -0.15) is 0 Å². The number of morpholine rings is 1. The number of amides is 1. The van der Waals surface area contributed by atoms with Gasteiger partial charge in [0.2, 0.25) is 10.0 Å². The molecule has 2 aromatic carbocycles. The van der Waals surface area contributed by atoms with Crippen LogP contribution in [0, 0.1) is 17.8 Å². The van der Waals surface area contributed by atoms with Crippen molar-refractivity contribution in [2.75, 3.05) is 97.3 Å². The molecule has 2 bridgehead atoms. The molecule has 11 nitrogen and oxygen atoms in total. The van der Waals surface area contributed by atoms with Crippen LogP contribution in [0.4, 0.5) is 5.69 Å². The lowest BCUT2D eigenvalue weighted by Crippen LogP contribution is -2.62. The van der Waals surface area contributed by atoms with E-state index in [4.69, 9.17) is 25.8 Å². The van der Waals surface area contributed by atoms with Crippen LogP contribution >= 0.6 is 11.6 Å². The van der Waals surface area contributed by atoms with Crippen molar-refractivity contribution in [1.82, 2.24) is 19.4 Å². The maximum absolute atomic E-state index is 14.5. The lowest BCUT2D eigenvalue weighted by atomic mass is 9.63. The second kappa shape index (κ2) is 17.8. The summed E-state index contributed by atoms with van der Waals surface area (Å²) in [6.45, 7) is 13.0. The largest absolute Gasteiger partial charge is 0.490 e. The number of allylic oxidation sites excluding steroid dienone is 1. The third-order valence-electron chi connectivity index (χ3n) is 15.5. The molecule has 7 atom stereocenters. The molecule has 1 N–H and O–H groups in total. The second-order valence-corrected chi connectivity index (χ2v) is 21.5. The molecule has 1 spiro atoms. The van der Waals surface area contributed by atoms with Crippen molar-refractivity contribution < 1.29 is 27.4 Å². The molecule has 0 aromatic heterocycles. The monoisotopic (exact) mass is 863 g/mol. The highest BCUT2D eigenvalue weighted by Crippen LogP contribution is 2.49. The first-order valence-electron chi connectivity index (χ1n) is 22.9. The molecule has 9 rings (SSSR count). The van der Waals surface area contributed by atoms with Gasteiger partial charge in [-0.3, -0.25) is 14.6 Å². The molecule has 5 heterocycles. The van der Waals surface area contributed by atoms with E-state index in [1.165, 1.54) is 17.5 Å². The number of halogens is 1. The summed E-state index contributed by atoms with van der Waals surface area (Å²) in [7, 11) is -2.17. The van der Waals surface area contributed by atoms with Crippen molar-refractivity contribution in [3.8, 4) is 5.75 Å². The Morgan fingerprint density at radius 1 is 0.983 bits per heavy atom. The maximum atomic E-state index is 14.5. The third-order valence-corrected chi connectivity index (χ3v) is 17.7. The van der Waals surface area contributed by atoms with Crippen LogP contribution in [0.3, 0.4) is 0 Å². The number of anilines is 1. The average molecular weight is 865 g/mol. The van der Waals surface area contributed by atoms with Crippen molar-refractivity contribution in [1.29, 1.82) is 0 Å². The normalized spacial score (nSPS) is 34.5. The van der Waals surface area contributed by atoms with E-state index < -0.39 is 26.8 Å². The fourth-order valence-electron chi connectivity index (χ4n) is 12.0. The number of aryl methyl sites for hydroxylation is 1. The number of piperazine rings is 1. The number of hydrogen-bond acceptors (Lipinski definition) is 10. The number of hydrogen-bond donors (Lipinski definition) is 1. The predicted molar refractivity (Wildman–Crippen MR) is 237 cm³/mol. The molecule has 2 aliphatic carbocycles. The van der Waals surface area contributed by atoms with E-state index in [0.29, 0.717) is 43.5 Å². The first-order chi connectivity index (χ1) is 29.0. The van der Waals surface area contributed by atoms with Crippen LogP contribution in [0.2, 0.25) is 5.02 Å². The van der Waals surface area contributed by atoms with Gasteiger partial charge in [-0.1, -0.05) is 43.2 Å². The lowest BCUT2D eigenvalue weighted by molar-refractivity contribution is -0.108. The van der Waals surface area contributed by atoms with E-state index in [9.17, 15) is 13.2 Å². The molecular weight excluding hydrogens is 798 g/mol. The van der Waals surface area contributed by atoms with Gasteiger partial charge < -0.3 is 24.0 Å². The average Bonchev–Trinajstić information content (AvgIpc) is 3.38. The van der Waals surface area contributed by atoms with Gasteiger partial charge in [0.25, 0.3) is 5.91 Å². The Hall–Kier alpha value is -2.71. The lowest BCUT2D eigenvalue weighted by Gasteiger charge is -2.53. The topological polar surface area (TPSA) is 104 Å².